The van der Waals surface area contributed by atoms with Crippen molar-refractivity contribution in [3.8, 4) is 5.88 Å². The Morgan fingerprint density at radius 1 is 1.41 bits per heavy atom. The van der Waals surface area contributed by atoms with Crippen LogP contribution in [-0.4, -0.2) is 42.1 Å². The first-order valence-electron chi connectivity index (χ1n) is 5.77. The summed E-state index contributed by atoms with van der Waals surface area (Å²) in [5.74, 6) is 7.21. The minimum atomic E-state index is 0.573. The van der Waals surface area contributed by atoms with Gasteiger partial charge in [-0.2, -0.15) is 4.98 Å². The number of hydrazine groups is 1. The second kappa shape index (κ2) is 7.03. The number of nitrogens with two attached hydrogens (primary N) is 1. The van der Waals surface area contributed by atoms with Crippen molar-refractivity contribution in [3.05, 3.63) is 11.9 Å². The molecule has 0 aliphatic heterocycles. The van der Waals surface area contributed by atoms with Crippen LogP contribution in [0.3, 0.4) is 0 Å². The molecule has 0 amide bonds. The molecule has 0 fully saturated rings. The van der Waals surface area contributed by atoms with Crippen molar-refractivity contribution < 1.29 is 4.74 Å². The summed E-state index contributed by atoms with van der Waals surface area (Å²) in [5.41, 5.74) is 2.51. The van der Waals surface area contributed by atoms with Crippen LogP contribution in [0.4, 0.5) is 5.82 Å². The molecule has 0 aliphatic rings. The van der Waals surface area contributed by atoms with Gasteiger partial charge in [-0.15, -0.1) is 0 Å². The van der Waals surface area contributed by atoms with E-state index < -0.39 is 0 Å². The van der Waals surface area contributed by atoms with Gasteiger partial charge in [0.15, 0.2) is 0 Å². The molecule has 0 radical (unpaired) electrons. The van der Waals surface area contributed by atoms with E-state index in [1.807, 2.05) is 21.0 Å². The number of ether oxygens (including phenoxy) is 1. The van der Waals surface area contributed by atoms with Crippen molar-refractivity contribution in [2.75, 3.05) is 32.7 Å². The smallest absolute Gasteiger partial charge is 0.218 e. The highest BCUT2D eigenvalue weighted by molar-refractivity contribution is 5.36. The van der Waals surface area contributed by atoms with E-state index >= 15 is 0 Å². The lowest BCUT2D eigenvalue weighted by Gasteiger charge is -2.11. The largest absolute Gasteiger partial charge is 0.477 e. The predicted octanol–water partition coefficient (Wildman–Crippen LogP) is 0.655. The molecular formula is C11H21N5O. The number of nitrogens with one attached hydrogen (secondary N) is 1. The summed E-state index contributed by atoms with van der Waals surface area (Å²) >= 11 is 0. The van der Waals surface area contributed by atoms with E-state index in [9.17, 15) is 0 Å². The van der Waals surface area contributed by atoms with Crippen molar-refractivity contribution in [2.24, 2.45) is 5.84 Å². The molecule has 6 nitrogen and oxygen atoms in total. The maximum Gasteiger partial charge on any atom is 0.218 e. The summed E-state index contributed by atoms with van der Waals surface area (Å²) in [4.78, 5) is 10.6. The highest BCUT2D eigenvalue weighted by Gasteiger charge is 2.03. The number of hydrogen-bond acceptors (Lipinski definition) is 6. The molecule has 96 valence electrons. The Morgan fingerprint density at radius 3 is 2.76 bits per heavy atom. The lowest BCUT2D eigenvalue weighted by Crippen LogP contribution is -2.16. The Hall–Kier alpha value is -1.40. The molecule has 6 heteroatoms. The third-order valence-electron chi connectivity index (χ3n) is 2.21. The van der Waals surface area contributed by atoms with E-state index in [4.69, 9.17) is 10.6 Å². The van der Waals surface area contributed by atoms with Gasteiger partial charge in [-0.05, 0) is 20.5 Å². The summed E-state index contributed by atoms with van der Waals surface area (Å²) in [6.45, 7) is 3.63. The minimum Gasteiger partial charge on any atom is -0.477 e. The number of aryl methyl sites for hydroxylation is 1. The summed E-state index contributed by atoms with van der Waals surface area (Å²) in [6, 6.07) is 1.70. The molecule has 0 bridgehead atoms. The summed E-state index contributed by atoms with van der Waals surface area (Å²) in [5, 5.41) is 0. The normalized spacial score (nSPS) is 10.6. The van der Waals surface area contributed by atoms with Crippen LogP contribution < -0.4 is 16.0 Å². The molecule has 0 saturated carbocycles. The average Bonchev–Trinajstić information content (AvgIpc) is 2.34. The summed E-state index contributed by atoms with van der Waals surface area (Å²) < 4.78 is 5.57. The van der Waals surface area contributed by atoms with Crippen LogP contribution in [-0.2, 0) is 6.42 Å². The molecule has 0 unspecified atom stereocenters. The fourth-order valence-electron chi connectivity index (χ4n) is 1.34. The van der Waals surface area contributed by atoms with Gasteiger partial charge in [0.25, 0.3) is 0 Å². The molecular weight excluding hydrogens is 218 g/mol. The van der Waals surface area contributed by atoms with Gasteiger partial charge in [-0.25, -0.2) is 10.8 Å². The minimum absolute atomic E-state index is 0.573. The topological polar surface area (TPSA) is 76.3 Å². The van der Waals surface area contributed by atoms with E-state index in [0.717, 1.165) is 25.2 Å². The zero-order chi connectivity index (χ0) is 12.7. The van der Waals surface area contributed by atoms with Gasteiger partial charge < -0.3 is 15.1 Å². The maximum absolute atomic E-state index is 5.57. The highest BCUT2D eigenvalue weighted by atomic mass is 16.5. The molecule has 1 heterocycles. The Morgan fingerprint density at radius 2 is 2.18 bits per heavy atom. The van der Waals surface area contributed by atoms with Crippen molar-refractivity contribution in [2.45, 2.75) is 19.8 Å². The van der Waals surface area contributed by atoms with Crippen molar-refractivity contribution >= 4 is 5.82 Å². The van der Waals surface area contributed by atoms with Gasteiger partial charge >= 0.3 is 0 Å². The molecule has 0 aromatic carbocycles. The molecule has 0 aliphatic carbocycles. The van der Waals surface area contributed by atoms with E-state index in [-0.39, 0.29) is 0 Å². The highest BCUT2D eigenvalue weighted by Crippen LogP contribution is 2.13. The molecule has 17 heavy (non-hydrogen) atoms. The second-order valence-electron chi connectivity index (χ2n) is 4.01. The number of nitrogens with zero attached hydrogens (tertiary/aromatic N) is 3. The number of aromatic nitrogens is 2. The standard InChI is InChI=1S/C11H21N5O/c1-4-9-13-10(15-12)8-11(14-9)17-7-5-6-16(2)3/h8H,4-7,12H2,1-3H3,(H,13,14,15). The fourth-order valence-corrected chi connectivity index (χ4v) is 1.34. The Labute approximate surface area is 102 Å². The maximum atomic E-state index is 5.57. The van der Waals surface area contributed by atoms with Crippen LogP contribution >= 0.6 is 0 Å². The summed E-state index contributed by atoms with van der Waals surface area (Å²) in [6.07, 6.45) is 1.72. The molecule has 1 aromatic rings. The van der Waals surface area contributed by atoms with Gasteiger partial charge in [-0.3, -0.25) is 0 Å². The Kier molecular flexibility index (Phi) is 5.65. The van der Waals surface area contributed by atoms with Gasteiger partial charge in [0, 0.05) is 19.0 Å². The zero-order valence-electron chi connectivity index (χ0n) is 10.7. The quantitative estimate of drug-likeness (QED) is 0.413. The first kappa shape index (κ1) is 13.7. The molecule has 0 spiro atoms. The number of anilines is 1. The van der Waals surface area contributed by atoms with Crippen molar-refractivity contribution in [3.63, 3.8) is 0 Å². The van der Waals surface area contributed by atoms with E-state index in [0.29, 0.717) is 18.3 Å². The van der Waals surface area contributed by atoms with Crippen molar-refractivity contribution in [1.29, 1.82) is 0 Å². The van der Waals surface area contributed by atoms with E-state index in [2.05, 4.69) is 20.3 Å². The van der Waals surface area contributed by atoms with Gasteiger partial charge in [0.1, 0.15) is 11.6 Å². The van der Waals surface area contributed by atoms with Crippen LogP contribution in [0.2, 0.25) is 0 Å². The van der Waals surface area contributed by atoms with E-state index in [1.165, 1.54) is 0 Å². The van der Waals surface area contributed by atoms with Gasteiger partial charge in [0.2, 0.25) is 5.88 Å². The average molecular weight is 239 g/mol. The molecule has 0 saturated heterocycles. The third kappa shape index (κ3) is 4.97. The van der Waals surface area contributed by atoms with Crippen LogP contribution in [0.25, 0.3) is 0 Å². The fraction of sp³-hybridized carbons (Fsp3) is 0.636. The number of nitrogen functional groups attached to an aromatic ring is 1. The summed E-state index contributed by atoms with van der Waals surface area (Å²) in [7, 11) is 4.08. The van der Waals surface area contributed by atoms with Gasteiger partial charge in [-0.1, -0.05) is 6.92 Å². The third-order valence-corrected chi connectivity index (χ3v) is 2.21. The molecule has 1 aromatic heterocycles. The lowest BCUT2D eigenvalue weighted by molar-refractivity contribution is 0.272. The number of rotatable bonds is 7. The Balaban J connectivity index is 2.51. The zero-order valence-corrected chi connectivity index (χ0v) is 10.7. The SMILES string of the molecule is CCc1nc(NN)cc(OCCCN(C)C)n1. The first-order chi connectivity index (χ1) is 8.15. The van der Waals surface area contributed by atoms with Crippen LogP contribution in [0.15, 0.2) is 6.07 Å². The monoisotopic (exact) mass is 239 g/mol. The van der Waals surface area contributed by atoms with Crippen molar-refractivity contribution in [1.82, 2.24) is 14.9 Å². The molecule has 3 N–H and O–H groups in total. The molecule has 0 atom stereocenters. The predicted molar refractivity (Wildman–Crippen MR) is 67.9 cm³/mol. The van der Waals surface area contributed by atoms with Crippen LogP contribution in [0.1, 0.15) is 19.2 Å². The number of hydrogen-bond donors (Lipinski definition) is 2. The first-order valence-corrected chi connectivity index (χ1v) is 5.77. The molecule has 1 rings (SSSR count). The van der Waals surface area contributed by atoms with Crippen LogP contribution in [0.5, 0.6) is 5.88 Å². The Bertz CT molecular complexity index is 320. The van der Waals surface area contributed by atoms with Gasteiger partial charge in [0.05, 0.1) is 6.61 Å². The van der Waals surface area contributed by atoms with E-state index in [1.54, 1.807) is 6.07 Å². The second-order valence-corrected chi connectivity index (χ2v) is 4.01. The van der Waals surface area contributed by atoms with Crippen LogP contribution in [0, 0.1) is 0 Å². The lowest BCUT2D eigenvalue weighted by atomic mass is 10.4.